The van der Waals surface area contributed by atoms with Crippen molar-refractivity contribution in [1.82, 2.24) is 0 Å². The Hall–Kier alpha value is -2.15. The molecule has 2 saturated carbocycles. The van der Waals surface area contributed by atoms with Crippen molar-refractivity contribution in [3.8, 4) is 5.75 Å². The number of hydrogen-bond donors (Lipinski definition) is 1. The molecule has 1 aromatic carbocycles. The lowest BCUT2D eigenvalue weighted by molar-refractivity contribution is -0.157. The van der Waals surface area contributed by atoms with Crippen LogP contribution in [0.25, 0.3) is 0 Å². The predicted molar refractivity (Wildman–Crippen MR) is 154 cm³/mol. The first-order valence-electron chi connectivity index (χ1n) is 15.9. The van der Waals surface area contributed by atoms with Crippen LogP contribution in [0, 0.1) is 23.6 Å². The first-order valence-corrected chi connectivity index (χ1v) is 15.9. The molecule has 0 heterocycles. The van der Waals surface area contributed by atoms with E-state index in [1.165, 1.54) is 44.2 Å². The summed E-state index contributed by atoms with van der Waals surface area (Å²) in [5.74, 6) is 0.260. The summed E-state index contributed by atoms with van der Waals surface area (Å²) in [6.07, 6.45) is 17.5. The van der Waals surface area contributed by atoms with Gasteiger partial charge in [-0.1, -0.05) is 45.4 Å². The molecule has 0 bridgehead atoms. The SMILES string of the molecule is CCCCCCC1CCC(C(=O)OC2CCC(COc3ccc(C(=O)OCCCCCCO)c(F)c3)CC2)CC1. The number of esters is 2. The molecule has 226 valence electrons. The van der Waals surface area contributed by atoms with Crippen molar-refractivity contribution in [2.45, 2.75) is 122 Å². The summed E-state index contributed by atoms with van der Waals surface area (Å²) in [5.41, 5.74) is -0.0921. The molecule has 0 saturated heterocycles. The molecular formula is C33H51FO6. The highest BCUT2D eigenvalue weighted by Crippen LogP contribution is 2.34. The first kappa shape index (κ1) is 32.4. The van der Waals surface area contributed by atoms with E-state index in [2.05, 4.69) is 6.92 Å². The van der Waals surface area contributed by atoms with Crippen LogP contribution >= 0.6 is 0 Å². The highest BCUT2D eigenvalue weighted by Gasteiger charge is 2.30. The fraction of sp³-hybridized carbons (Fsp3) is 0.758. The van der Waals surface area contributed by atoms with Gasteiger partial charge in [-0.15, -0.1) is 0 Å². The summed E-state index contributed by atoms with van der Waals surface area (Å²) < 4.78 is 31.4. The van der Waals surface area contributed by atoms with Gasteiger partial charge >= 0.3 is 11.9 Å². The number of halogens is 1. The summed E-state index contributed by atoms with van der Waals surface area (Å²) in [6.45, 7) is 3.12. The minimum atomic E-state index is -0.672. The lowest BCUT2D eigenvalue weighted by Gasteiger charge is -2.31. The normalized spacial score (nSPS) is 23.0. The molecule has 0 aromatic heterocycles. The van der Waals surface area contributed by atoms with Gasteiger partial charge in [0, 0.05) is 12.7 Å². The number of hydrogen-bond acceptors (Lipinski definition) is 6. The molecule has 0 amide bonds. The van der Waals surface area contributed by atoms with Gasteiger partial charge in [-0.05, 0) is 94.6 Å². The second-order valence-electron chi connectivity index (χ2n) is 11.9. The number of unbranched alkanes of at least 4 members (excludes halogenated alkanes) is 6. The maximum Gasteiger partial charge on any atom is 0.341 e. The first-order chi connectivity index (χ1) is 19.5. The number of benzene rings is 1. The molecule has 0 aliphatic heterocycles. The van der Waals surface area contributed by atoms with Gasteiger partial charge in [-0.3, -0.25) is 4.79 Å². The zero-order valence-corrected chi connectivity index (χ0v) is 24.6. The minimum Gasteiger partial charge on any atom is -0.493 e. The molecule has 1 aromatic rings. The lowest BCUT2D eigenvalue weighted by Crippen LogP contribution is -2.31. The van der Waals surface area contributed by atoms with Crippen LogP contribution in [-0.4, -0.2) is 43.0 Å². The van der Waals surface area contributed by atoms with Gasteiger partial charge in [-0.2, -0.15) is 0 Å². The van der Waals surface area contributed by atoms with Crippen LogP contribution in [0.4, 0.5) is 4.39 Å². The molecule has 6 nitrogen and oxygen atoms in total. The highest BCUT2D eigenvalue weighted by atomic mass is 19.1. The third kappa shape index (κ3) is 11.4. The van der Waals surface area contributed by atoms with E-state index in [4.69, 9.17) is 19.3 Å². The van der Waals surface area contributed by atoms with E-state index in [1.54, 1.807) is 6.07 Å². The molecule has 0 spiro atoms. The summed E-state index contributed by atoms with van der Waals surface area (Å²) >= 11 is 0. The molecule has 2 aliphatic rings. The maximum atomic E-state index is 14.5. The number of ether oxygens (including phenoxy) is 3. The summed E-state index contributed by atoms with van der Waals surface area (Å²) in [4.78, 5) is 24.9. The van der Waals surface area contributed by atoms with Crippen LogP contribution < -0.4 is 4.74 Å². The molecule has 2 aliphatic carbocycles. The second-order valence-corrected chi connectivity index (χ2v) is 11.9. The van der Waals surface area contributed by atoms with Crippen molar-refractivity contribution in [3.63, 3.8) is 0 Å². The lowest BCUT2D eigenvalue weighted by atomic mass is 9.79. The average Bonchev–Trinajstić information content (AvgIpc) is 2.97. The second kappa shape index (κ2) is 18.3. The largest absolute Gasteiger partial charge is 0.493 e. The smallest absolute Gasteiger partial charge is 0.341 e. The zero-order chi connectivity index (χ0) is 28.6. The van der Waals surface area contributed by atoms with Gasteiger partial charge in [0.05, 0.1) is 24.7 Å². The average molecular weight is 563 g/mol. The molecule has 0 atom stereocenters. The Morgan fingerprint density at radius 3 is 2.27 bits per heavy atom. The Morgan fingerprint density at radius 1 is 0.875 bits per heavy atom. The fourth-order valence-electron chi connectivity index (χ4n) is 6.00. The Labute approximate surface area is 240 Å². The van der Waals surface area contributed by atoms with Crippen molar-refractivity contribution in [3.05, 3.63) is 29.6 Å². The van der Waals surface area contributed by atoms with E-state index < -0.39 is 11.8 Å². The number of aliphatic hydroxyl groups is 1. The number of carbonyl (C=O) groups is 2. The van der Waals surface area contributed by atoms with Gasteiger partial charge in [0.25, 0.3) is 0 Å². The molecule has 2 fully saturated rings. The molecule has 40 heavy (non-hydrogen) atoms. The standard InChI is InChI=1S/C33H51FO6/c1-2-3-4-7-10-25-11-15-27(16-12-25)32(36)40-28-17-13-26(14-18-28)24-39-29-19-20-30(31(34)23-29)33(37)38-22-9-6-5-8-21-35/h19-20,23,25-28,35H,2-18,21-22,24H2,1H3. The molecular weight excluding hydrogens is 511 g/mol. The molecule has 0 radical (unpaired) electrons. The van der Waals surface area contributed by atoms with Crippen LogP contribution in [0.1, 0.15) is 126 Å². The molecule has 7 heteroatoms. The Morgan fingerprint density at radius 2 is 1.57 bits per heavy atom. The van der Waals surface area contributed by atoms with Crippen LogP contribution in [0.15, 0.2) is 18.2 Å². The Balaban J connectivity index is 1.29. The van der Waals surface area contributed by atoms with E-state index in [1.807, 2.05) is 0 Å². The number of rotatable bonds is 17. The van der Waals surface area contributed by atoms with Crippen LogP contribution in [-0.2, 0) is 14.3 Å². The van der Waals surface area contributed by atoms with Gasteiger partial charge in [-0.25, -0.2) is 9.18 Å². The van der Waals surface area contributed by atoms with E-state index in [9.17, 15) is 14.0 Å². The highest BCUT2D eigenvalue weighted by molar-refractivity contribution is 5.89. The van der Waals surface area contributed by atoms with Gasteiger partial charge in [0.1, 0.15) is 17.7 Å². The van der Waals surface area contributed by atoms with Crippen molar-refractivity contribution in [2.24, 2.45) is 17.8 Å². The minimum absolute atomic E-state index is 0.0000724. The van der Waals surface area contributed by atoms with Crippen molar-refractivity contribution in [1.29, 1.82) is 0 Å². The number of carbonyl (C=O) groups excluding carboxylic acids is 2. The molecule has 0 unspecified atom stereocenters. The van der Waals surface area contributed by atoms with Crippen LogP contribution in [0.3, 0.4) is 0 Å². The van der Waals surface area contributed by atoms with Gasteiger partial charge in [0.15, 0.2) is 0 Å². The van der Waals surface area contributed by atoms with Crippen LogP contribution in [0.5, 0.6) is 5.75 Å². The monoisotopic (exact) mass is 562 g/mol. The fourth-order valence-corrected chi connectivity index (χ4v) is 6.00. The van der Waals surface area contributed by atoms with E-state index in [0.717, 1.165) is 76.5 Å². The Kier molecular flexibility index (Phi) is 14.8. The summed E-state index contributed by atoms with van der Waals surface area (Å²) in [7, 11) is 0. The number of aliphatic hydroxyl groups excluding tert-OH is 1. The van der Waals surface area contributed by atoms with E-state index in [0.29, 0.717) is 24.7 Å². The molecule has 1 N–H and O–H groups in total. The maximum absolute atomic E-state index is 14.5. The Bertz CT molecular complexity index is 874. The van der Waals surface area contributed by atoms with Crippen molar-refractivity contribution in [2.75, 3.05) is 19.8 Å². The summed E-state index contributed by atoms with van der Waals surface area (Å²) in [6, 6.07) is 4.26. The summed E-state index contributed by atoms with van der Waals surface area (Å²) in [5, 5.41) is 8.78. The van der Waals surface area contributed by atoms with E-state index >= 15 is 0 Å². The van der Waals surface area contributed by atoms with Crippen molar-refractivity contribution >= 4 is 11.9 Å². The van der Waals surface area contributed by atoms with Crippen LogP contribution in [0.2, 0.25) is 0 Å². The third-order valence-corrected chi connectivity index (χ3v) is 8.65. The third-order valence-electron chi connectivity index (χ3n) is 8.65. The van der Waals surface area contributed by atoms with Gasteiger partial charge in [0.2, 0.25) is 0 Å². The molecule has 3 rings (SSSR count). The zero-order valence-electron chi connectivity index (χ0n) is 24.6. The topological polar surface area (TPSA) is 82.1 Å². The van der Waals surface area contributed by atoms with E-state index in [-0.39, 0.29) is 36.8 Å². The predicted octanol–water partition coefficient (Wildman–Crippen LogP) is 7.79. The van der Waals surface area contributed by atoms with Gasteiger partial charge < -0.3 is 19.3 Å². The van der Waals surface area contributed by atoms with Crippen molar-refractivity contribution < 1.29 is 33.3 Å². The quantitative estimate of drug-likeness (QED) is 0.154.